The van der Waals surface area contributed by atoms with Crippen molar-refractivity contribution in [2.24, 2.45) is 5.92 Å². The van der Waals surface area contributed by atoms with Gasteiger partial charge in [-0.3, -0.25) is 0 Å². The Labute approximate surface area is 107 Å². The molecular weight excluding hydrogens is 232 g/mol. The number of hydrogen-bond donors (Lipinski definition) is 1. The number of rotatable bonds is 4. The maximum Gasteiger partial charge on any atom is 0.191 e. The van der Waals surface area contributed by atoms with Crippen LogP contribution in [0.25, 0.3) is 0 Å². The molecule has 1 fully saturated rings. The van der Waals surface area contributed by atoms with Crippen LogP contribution in [0.5, 0.6) is 0 Å². The van der Waals surface area contributed by atoms with Crippen molar-refractivity contribution in [2.45, 2.75) is 30.8 Å². The van der Waals surface area contributed by atoms with Crippen LogP contribution < -0.4 is 10.6 Å². The second kappa shape index (κ2) is 5.58. The summed E-state index contributed by atoms with van der Waals surface area (Å²) in [5, 5.41) is 0.748. The van der Waals surface area contributed by atoms with Gasteiger partial charge in [0.05, 0.1) is 0 Å². The van der Waals surface area contributed by atoms with Gasteiger partial charge in [0.25, 0.3) is 0 Å². The van der Waals surface area contributed by atoms with Crippen LogP contribution in [0, 0.1) is 5.92 Å². The summed E-state index contributed by atoms with van der Waals surface area (Å²) in [4.78, 5) is 10.9. The predicted octanol–water partition coefficient (Wildman–Crippen LogP) is 2.41. The highest BCUT2D eigenvalue weighted by Gasteiger charge is 2.18. The lowest BCUT2D eigenvalue weighted by atomic mass is 10.1. The molecule has 0 atom stereocenters. The highest BCUT2D eigenvalue weighted by atomic mass is 32.2. The van der Waals surface area contributed by atoms with Gasteiger partial charge in [-0.2, -0.15) is 0 Å². The third kappa shape index (κ3) is 3.25. The summed E-state index contributed by atoms with van der Waals surface area (Å²) in [5.41, 5.74) is 5.79. The quantitative estimate of drug-likeness (QED) is 0.659. The van der Waals surface area contributed by atoms with Crippen molar-refractivity contribution in [3.05, 3.63) is 6.07 Å². The lowest BCUT2D eigenvalue weighted by Gasteiger charge is -2.22. The summed E-state index contributed by atoms with van der Waals surface area (Å²) in [6.07, 6.45) is 7.41. The molecule has 0 aliphatic heterocycles. The molecule has 1 aromatic rings. The first-order valence-corrected chi connectivity index (χ1v) is 7.31. The first-order chi connectivity index (χ1) is 8.19. The van der Waals surface area contributed by atoms with E-state index in [0.717, 1.165) is 23.4 Å². The Hall–Kier alpha value is -0.970. The summed E-state index contributed by atoms with van der Waals surface area (Å²) in [7, 11) is 2.09. The van der Waals surface area contributed by atoms with Gasteiger partial charge in [0.1, 0.15) is 11.6 Å². The second-order valence-corrected chi connectivity index (χ2v) is 5.44. The van der Waals surface area contributed by atoms with Crippen molar-refractivity contribution in [1.29, 1.82) is 0 Å². The van der Waals surface area contributed by atoms with Crippen molar-refractivity contribution in [3.8, 4) is 0 Å². The molecule has 1 aliphatic rings. The van der Waals surface area contributed by atoms with E-state index in [9.17, 15) is 0 Å². The SMILES string of the molecule is CSc1nc(N)cc(N(C)CC2CCCC2)n1. The van der Waals surface area contributed by atoms with E-state index in [2.05, 4.69) is 21.9 Å². The van der Waals surface area contributed by atoms with E-state index in [1.807, 2.05) is 12.3 Å². The molecule has 0 unspecified atom stereocenters. The van der Waals surface area contributed by atoms with Gasteiger partial charge in [0, 0.05) is 19.7 Å². The second-order valence-electron chi connectivity index (χ2n) is 4.67. The molecule has 1 aliphatic carbocycles. The third-order valence-electron chi connectivity index (χ3n) is 3.29. The predicted molar refractivity (Wildman–Crippen MR) is 73.5 cm³/mol. The molecule has 2 N–H and O–H groups in total. The van der Waals surface area contributed by atoms with Gasteiger partial charge in [-0.1, -0.05) is 24.6 Å². The molecule has 0 radical (unpaired) electrons. The smallest absolute Gasteiger partial charge is 0.191 e. The number of nitrogen functional groups attached to an aromatic ring is 1. The van der Waals surface area contributed by atoms with Crippen molar-refractivity contribution in [1.82, 2.24) is 9.97 Å². The lowest BCUT2D eigenvalue weighted by Crippen LogP contribution is -2.25. The number of thioether (sulfide) groups is 1. The van der Waals surface area contributed by atoms with Gasteiger partial charge in [0.2, 0.25) is 0 Å². The Morgan fingerprint density at radius 2 is 2.12 bits per heavy atom. The Kier molecular flexibility index (Phi) is 4.10. The summed E-state index contributed by atoms with van der Waals surface area (Å²) < 4.78 is 0. The van der Waals surface area contributed by atoms with E-state index in [4.69, 9.17) is 5.73 Å². The van der Waals surface area contributed by atoms with Gasteiger partial charge >= 0.3 is 0 Å². The van der Waals surface area contributed by atoms with Crippen molar-refractivity contribution >= 4 is 23.4 Å². The number of nitrogens with two attached hydrogens (primary N) is 1. The molecule has 0 spiro atoms. The molecule has 0 bridgehead atoms. The van der Waals surface area contributed by atoms with Crippen LogP contribution in [0.2, 0.25) is 0 Å². The minimum atomic E-state index is 0.553. The molecule has 1 heterocycles. The molecule has 4 nitrogen and oxygen atoms in total. The molecule has 2 rings (SSSR count). The zero-order valence-corrected chi connectivity index (χ0v) is 11.3. The maximum atomic E-state index is 5.79. The molecule has 94 valence electrons. The molecular formula is C12H20N4S. The molecule has 17 heavy (non-hydrogen) atoms. The van der Waals surface area contributed by atoms with Crippen LogP contribution in [0.4, 0.5) is 11.6 Å². The first kappa shape index (κ1) is 12.5. The highest BCUT2D eigenvalue weighted by molar-refractivity contribution is 7.98. The van der Waals surface area contributed by atoms with E-state index in [1.54, 1.807) is 0 Å². The van der Waals surface area contributed by atoms with Crippen molar-refractivity contribution < 1.29 is 0 Å². The lowest BCUT2D eigenvalue weighted by molar-refractivity contribution is 0.544. The third-order valence-corrected chi connectivity index (χ3v) is 3.84. The molecule has 0 saturated heterocycles. The van der Waals surface area contributed by atoms with Gasteiger partial charge in [-0.25, -0.2) is 9.97 Å². The zero-order valence-electron chi connectivity index (χ0n) is 10.5. The first-order valence-electron chi connectivity index (χ1n) is 6.08. The topological polar surface area (TPSA) is 55.0 Å². The van der Waals surface area contributed by atoms with Crippen molar-refractivity contribution in [3.63, 3.8) is 0 Å². The monoisotopic (exact) mass is 252 g/mol. The number of nitrogens with zero attached hydrogens (tertiary/aromatic N) is 3. The average molecular weight is 252 g/mol. The Morgan fingerprint density at radius 3 is 2.76 bits per heavy atom. The van der Waals surface area contributed by atoms with E-state index >= 15 is 0 Å². The fourth-order valence-corrected chi connectivity index (χ4v) is 2.77. The molecule has 0 aromatic carbocycles. The Bertz CT molecular complexity index is 377. The maximum absolute atomic E-state index is 5.79. The highest BCUT2D eigenvalue weighted by Crippen LogP contribution is 2.27. The van der Waals surface area contributed by atoms with Crippen LogP contribution >= 0.6 is 11.8 Å². The van der Waals surface area contributed by atoms with Gasteiger partial charge in [0.15, 0.2) is 5.16 Å². The fraction of sp³-hybridized carbons (Fsp3) is 0.667. The number of anilines is 2. The summed E-state index contributed by atoms with van der Waals surface area (Å²) >= 11 is 1.53. The minimum Gasteiger partial charge on any atom is -0.383 e. The number of hydrogen-bond acceptors (Lipinski definition) is 5. The zero-order chi connectivity index (χ0) is 12.3. The Balaban J connectivity index is 2.06. The van der Waals surface area contributed by atoms with Crippen LogP contribution in [-0.4, -0.2) is 29.8 Å². The van der Waals surface area contributed by atoms with E-state index < -0.39 is 0 Å². The molecule has 1 saturated carbocycles. The minimum absolute atomic E-state index is 0.553. The van der Waals surface area contributed by atoms with E-state index in [-0.39, 0.29) is 0 Å². The van der Waals surface area contributed by atoms with Crippen LogP contribution in [-0.2, 0) is 0 Å². The largest absolute Gasteiger partial charge is 0.383 e. The van der Waals surface area contributed by atoms with Gasteiger partial charge in [-0.05, 0) is 25.0 Å². The standard InChI is InChI=1S/C12H20N4S/c1-16(8-9-5-3-4-6-9)11-7-10(13)14-12(15-11)17-2/h7,9H,3-6,8H2,1-2H3,(H2,13,14,15). The molecule has 0 amide bonds. The van der Waals surface area contributed by atoms with Crippen molar-refractivity contribution in [2.75, 3.05) is 30.5 Å². The summed E-state index contributed by atoms with van der Waals surface area (Å²) in [5.74, 6) is 2.31. The van der Waals surface area contributed by atoms with Crippen LogP contribution in [0.3, 0.4) is 0 Å². The fourth-order valence-electron chi connectivity index (χ4n) is 2.39. The molecule has 5 heteroatoms. The summed E-state index contributed by atoms with van der Waals surface area (Å²) in [6.45, 7) is 1.07. The molecule has 1 aromatic heterocycles. The van der Waals surface area contributed by atoms with E-state index in [1.165, 1.54) is 37.4 Å². The van der Waals surface area contributed by atoms with E-state index in [0.29, 0.717) is 5.82 Å². The van der Waals surface area contributed by atoms with Crippen LogP contribution in [0.1, 0.15) is 25.7 Å². The van der Waals surface area contributed by atoms with Gasteiger partial charge in [-0.15, -0.1) is 0 Å². The summed E-state index contributed by atoms with van der Waals surface area (Å²) in [6, 6.07) is 1.86. The number of aromatic nitrogens is 2. The average Bonchev–Trinajstić information content (AvgIpc) is 2.81. The van der Waals surface area contributed by atoms with Crippen LogP contribution in [0.15, 0.2) is 11.2 Å². The normalized spacial score (nSPS) is 16.4. The van der Waals surface area contributed by atoms with Gasteiger partial charge < -0.3 is 10.6 Å². The Morgan fingerprint density at radius 1 is 1.41 bits per heavy atom.